The number of nitriles is 1. The standard InChI is InChI=1S/C17H15NO3/c1-12-7-8-16(20-2)15(9-12)17(19)21-11-14-6-4-3-5-13(14)10-18/h3-9H,11H2,1-2H3. The van der Waals surface area contributed by atoms with Gasteiger partial charge in [-0.25, -0.2) is 4.79 Å². The van der Waals surface area contributed by atoms with Crippen LogP contribution in [0.5, 0.6) is 5.75 Å². The first-order valence-electron chi connectivity index (χ1n) is 6.45. The van der Waals surface area contributed by atoms with E-state index in [0.717, 1.165) is 5.56 Å². The van der Waals surface area contributed by atoms with Crippen molar-refractivity contribution in [3.63, 3.8) is 0 Å². The average molecular weight is 281 g/mol. The van der Waals surface area contributed by atoms with Gasteiger partial charge in [-0.05, 0) is 25.1 Å². The Kier molecular flexibility index (Phi) is 4.57. The summed E-state index contributed by atoms with van der Waals surface area (Å²) in [7, 11) is 1.51. The number of carbonyl (C=O) groups is 1. The van der Waals surface area contributed by atoms with E-state index in [-0.39, 0.29) is 6.61 Å². The number of hydrogen-bond acceptors (Lipinski definition) is 4. The summed E-state index contributed by atoms with van der Waals surface area (Å²) in [5, 5.41) is 9.01. The molecule has 0 radical (unpaired) electrons. The number of hydrogen-bond donors (Lipinski definition) is 0. The molecule has 0 saturated heterocycles. The van der Waals surface area contributed by atoms with Crippen LogP contribution in [0.4, 0.5) is 0 Å². The van der Waals surface area contributed by atoms with E-state index in [4.69, 9.17) is 14.7 Å². The molecule has 0 atom stereocenters. The summed E-state index contributed by atoms with van der Waals surface area (Å²) in [5.41, 5.74) is 2.51. The maximum absolute atomic E-state index is 12.2. The Bertz CT molecular complexity index is 701. The SMILES string of the molecule is COc1ccc(C)cc1C(=O)OCc1ccccc1C#N. The Labute approximate surface area is 123 Å². The van der Waals surface area contributed by atoms with Crippen LogP contribution >= 0.6 is 0 Å². The van der Waals surface area contributed by atoms with Gasteiger partial charge in [-0.2, -0.15) is 5.26 Å². The molecular formula is C17H15NO3. The van der Waals surface area contributed by atoms with Crippen molar-refractivity contribution < 1.29 is 14.3 Å². The molecule has 0 amide bonds. The van der Waals surface area contributed by atoms with Crippen molar-refractivity contribution in [2.45, 2.75) is 13.5 Å². The highest BCUT2D eigenvalue weighted by Crippen LogP contribution is 2.21. The van der Waals surface area contributed by atoms with Crippen molar-refractivity contribution in [3.8, 4) is 11.8 Å². The molecule has 0 spiro atoms. The lowest BCUT2D eigenvalue weighted by Gasteiger charge is -2.10. The van der Waals surface area contributed by atoms with E-state index in [9.17, 15) is 4.79 Å². The van der Waals surface area contributed by atoms with Crippen molar-refractivity contribution in [1.29, 1.82) is 5.26 Å². The Morgan fingerprint density at radius 2 is 2.00 bits per heavy atom. The first kappa shape index (κ1) is 14.6. The van der Waals surface area contributed by atoms with E-state index in [1.807, 2.05) is 13.0 Å². The predicted molar refractivity (Wildman–Crippen MR) is 78.0 cm³/mol. The van der Waals surface area contributed by atoms with Gasteiger partial charge >= 0.3 is 5.97 Å². The molecule has 0 aliphatic heterocycles. The van der Waals surface area contributed by atoms with Crippen molar-refractivity contribution in [1.82, 2.24) is 0 Å². The minimum absolute atomic E-state index is 0.0552. The Morgan fingerprint density at radius 3 is 2.71 bits per heavy atom. The monoisotopic (exact) mass is 281 g/mol. The molecule has 21 heavy (non-hydrogen) atoms. The van der Waals surface area contributed by atoms with Gasteiger partial charge in [0.15, 0.2) is 0 Å². The van der Waals surface area contributed by atoms with Crippen molar-refractivity contribution in [2.24, 2.45) is 0 Å². The Morgan fingerprint density at radius 1 is 1.24 bits per heavy atom. The molecule has 0 aliphatic carbocycles. The largest absolute Gasteiger partial charge is 0.496 e. The maximum atomic E-state index is 12.2. The summed E-state index contributed by atoms with van der Waals surface area (Å²) in [6, 6.07) is 14.4. The molecule has 0 aromatic heterocycles. The van der Waals surface area contributed by atoms with Gasteiger partial charge in [-0.3, -0.25) is 0 Å². The van der Waals surface area contributed by atoms with Crippen LogP contribution in [0.25, 0.3) is 0 Å². The number of rotatable bonds is 4. The molecule has 2 aromatic rings. The molecule has 4 nitrogen and oxygen atoms in total. The lowest BCUT2D eigenvalue weighted by molar-refractivity contribution is 0.0468. The summed E-state index contributed by atoms with van der Waals surface area (Å²) >= 11 is 0. The zero-order valence-corrected chi connectivity index (χ0v) is 11.9. The second-order valence-electron chi connectivity index (χ2n) is 4.55. The van der Waals surface area contributed by atoms with Gasteiger partial charge in [0.05, 0.1) is 18.7 Å². The normalized spacial score (nSPS) is 9.76. The van der Waals surface area contributed by atoms with E-state index < -0.39 is 5.97 Å². The average Bonchev–Trinajstić information content (AvgIpc) is 2.52. The van der Waals surface area contributed by atoms with Crippen LogP contribution in [0.15, 0.2) is 42.5 Å². The molecule has 0 N–H and O–H groups in total. The molecule has 0 heterocycles. The third kappa shape index (κ3) is 3.40. The molecule has 0 fully saturated rings. The minimum atomic E-state index is -0.469. The van der Waals surface area contributed by atoms with Crippen LogP contribution in [-0.2, 0) is 11.3 Å². The second kappa shape index (κ2) is 6.58. The first-order chi connectivity index (χ1) is 10.2. The van der Waals surface area contributed by atoms with E-state index in [1.54, 1.807) is 36.4 Å². The summed E-state index contributed by atoms with van der Waals surface area (Å²) in [5.74, 6) is 0.00228. The third-order valence-corrected chi connectivity index (χ3v) is 3.07. The number of carbonyl (C=O) groups excluding carboxylic acids is 1. The zero-order valence-electron chi connectivity index (χ0n) is 11.9. The topological polar surface area (TPSA) is 59.3 Å². The number of benzene rings is 2. The van der Waals surface area contributed by atoms with Crippen molar-refractivity contribution in [3.05, 3.63) is 64.7 Å². The lowest BCUT2D eigenvalue weighted by Crippen LogP contribution is -2.08. The van der Waals surface area contributed by atoms with Gasteiger partial charge in [0.1, 0.15) is 17.9 Å². The maximum Gasteiger partial charge on any atom is 0.342 e. The van der Waals surface area contributed by atoms with Gasteiger partial charge < -0.3 is 9.47 Å². The highest BCUT2D eigenvalue weighted by Gasteiger charge is 2.14. The molecule has 0 aliphatic rings. The fraction of sp³-hybridized carbons (Fsp3) is 0.176. The Balaban J connectivity index is 2.16. The molecule has 0 bridgehead atoms. The fourth-order valence-corrected chi connectivity index (χ4v) is 1.96. The van der Waals surface area contributed by atoms with Crippen LogP contribution in [0, 0.1) is 18.3 Å². The quantitative estimate of drug-likeness (QED) is 0.807. The minimum Gasteiger partial charge on any atom is -0.496 e. The third-order valence-electron chi connectivity index (χ3n) is 3.07. The van der Waals surface area contributed by atoms with Gasteiger partial charge in [0.2, 0.25) is 0 Å². The molecule has 106 valence electrons. The number of ether oxygens (including phenoxy) is 2. The summed E-state index contributed by atoms with van der Waals surface area (Å²) in [6.45, 7) is 1.95. The molecule has 4 heteroatoms. The van der Waals surface area contributed by atoms with Crippen LogP contribution in [0.1, 0.15) is 27.0 Å². The first-order valence-corrected chi connectivity index (χ1v) is 6.45. The van der Waals surface area contributed by atoms with Crippen LogP contribution in [0.2, 0.25) is 0 Å². The number of aryl methyl sites for hydroxylation is 1. The lowest BCUT2D eigenvalue weighted by atomic mass is 10.1. The second-order valence-corrected chi connectivity index (χ2v) is 4.55. The number of methoxy groups -OCH3 is 1. The summed E-state index contributed by atoms with van der Waals surface area (Å²) in [4.78, 5) is 12.2. The predicted octanol–water partition coefficient (Wildman–Crippen LogP) is 3.23. The number of esters is 1. The van der Waals surface area contributed by atoms with Crippen LogP contribution in [-0.4, -0.2) is 13.1 Å². The van der Waals surface area contributed by atoms with Gasteiger partial charge in [0.25, 0.3) is 0 Å². The van der Waals surface area contributed by atoms with Gasteiger partial charge in [-0.15, -0.1) is 0 Å². The van der Waals surface area contributed by atoms with E-state index in [1.165, 1.54) is 7.11 Å². The molecule has 0 saturated carbocycles. The summed E-state index contributed by atoms with van der Waals surface area (Å²) in [6.07, 6.45) is 0. The molecular weight excluding hydrogens is 266 g/mol. The van der Waals surface area contributed by atoms with Crippen LogP contribution < -0.4 is 4.74 Å². The molecule has 2 aromatic carbocycles. The fourth-order valence-electron chi connectivity index (χ4n) is 1.96. The van der Waals surface area contributed by atoms with E-state index in [0.29, 0.717) is 22.4 Å². The van der Waals surface area contributed by atoms with Crippen molar-refractivity contribution in [2.75, 3.05) is 7.11 Å². The van der Waals surface area contributed by atoms with Crippen molar-refractivity contribution >= 4 is 5.97 Å². The van der Waals surface area contributed by atoms with E-state index >= 15 is 0 Å². The summed E-state index contributed by atoms with van der Waals surface area (Å²) < 4.78 is 10.4. The molecule has 0 unspecified atom stereocenters. The Hall–Kier alpha value is -2.80. The van der Waals surface area contributed by atoms with Gasteiger partial charge in [-0.1, -0.05) is 29.8 Å². The smallest absolute Gasteiger partial charge is 0.342 e. The highest BCUT2D eigenvalue weighted by molar-refractivity contribution is 5.92. The highest BCUT2D eigenvalue weighted by atomic mass is 16.5. The van der Waals surface area contributed by atoms with Gasteiger partial charge in [0, 0.05) is 5.56 Å². The van der Waals surface area contributed by atoms with Crippen LogP contribution in [0.3, 0.4) is 0 Å². The molecule has 2 rings (SSSR count). The number of nitrogens with zero attached hydrogens (tertiary/aromatic N) is 1. The zero-order chi connectivity index (χ0) is 15.2. The van der Waals surface area contributed by atoms with E-state index in [2.05, 4.69) is 6.07 Å².